The molecule has 0 aliphatic carbocycles. The van der Waals surface area contributed by atoms with Crippen LogP contribution in [-0.2, 0) is 13.0 Å². The lowest BCUT2D eigenvalue weighted by Crippen LogP contribution is -2.53. The van der Waals surface area contributed by atoms with Crippen LogP contribution in [-0.4, -0.2) is 32.3 Å². The number of rotatable bonds is 2. The molecule has 0 amide bonds. The molecule has 100 valence electrons. The van der Waals surface area contributed by atoms with Gasteiger partial charge in [-0.05, 0) is 24.8 Å². The van der Waals surface area contributed by atoms with Gasteiger partial charge in [-0.1, -0.05) is 43.9 Å². The summed E-state index contributed by atoms with van der Waals surface area (Å²) in [5.74, 6) is 0. The van der Waals surface area contributed by atoms with Crippen LogP contribution in [0, 0.1) is 0 Å². The minimum Gasteiger partial charge on any atom is -0.326 e. The SMILES string of the molecule is C[N+]1(C[Si](C)(C)C)CCCCc2ccccc2C1. The van der Waals surface area contributed by atoms with Crippen molar-refractivity contribution in [3.63, 3.8) is 0 Å². The molecule has 0 fully saturated rings. The average molecular weight is 262 g/mol. The zero-order valence-electron chi connectivity index (χ0n) is 12.5. The molecule has 1 aromatic rings. The molecule has 2 heteroatoms. The molecule has 0 radical (unpaired) electrons. The highest BCUT2D eigenvalue weighted by Gasteiger charge is 2.31. The van der Waals surface area contributed by atoms with Crippen LogP contribution < -0.4 is 0 Å². The maximum Gasteiger partial charge on any atom is 0.110 e. The summed E-state index contributed by atoms with van der Waals surface area (Å²) in [5.41, 5.74) is 3.19. The second-order valence-electron chi connectivity index (χ2n) is 7.45. The van der Waals surface area contributed by atoms with Crippen LogP contribution in [0.15, 0.2) is 24.3 Å². The molecule has 1 unspecified atom stereocenters. The van der Waals surface area contributed by atoms with Crippen LogP contribution in [0.2, 0.25) is 19.6 Å². The summed E-state index contributed by atoms with van der Waals surface area (Å²) in [4.78, 5) is 0. The highest BCUT2D eigenvalue weighted by molar-refractivity contribution is 6.75. The smallest absolute Gasteiger partial charge is 0.110 e. The van der Waals surface area contributed by atoms with Crippen molar-refractivity contribution in [3.05, 3.63) is 35.4 Å². The number of fused-ring (bicyclic) bond motifs is 1. The van der Waals surface area contributed by atoms with Gasteiger partial charge >= 0.3 is 0 Å². The molecule has 0 saturated carbocycles. The fourth-order valence-electron chi connectivity index (χ4n) is 3.54. The molecule has 0 saturated heterocycles. The van der Waals surface area contributed by atoms with E-state index in [1.54, 1.807) is 11.1 Å². The molecule has 1 aliphatic rings. The molecule has 1 atom stereocenters. The topological polar surface area (TPSA) is 0 Å². The van der Waals surface area contributed by atoms with E-state index in [0.29, 0.717) is 0 Å². The zero-order valence-corrected chi connectivity index (χ0v) is 13.5. The van der Waals surface area contributed by atoms with Gasteiger partial charge in [0.15, 0.2) is 0 Å². The highest BCUT2D eigenvalue weighted by Crippen LogP contribution is 2.24. The first kappa shape index (κ1) is 13.8. The van der Waals surface area contributed by atoms with Crippen molar-refractivity contribution in [2.24, 2.45) is 0 Å². The van der Waals surface area contributed by atoms with Crippen molar-refractivity contribution in [2.75, 3.05) is 19.8 Å². The number of nitrogens with zero attached hydrogens (tertiary/aromatic N) is 1. The van der Waals surface area contributed by atoms with Gasteiger partial charge in [0.05, 0.1) is 19.8 Å². The van der Waals surface area contributed by atoms with Crippen LogP contribution in [0.4, 0.5) is 0 Å². The molecule has 18 heavy (non-hydrogen) atoms. The van der Waals surface area contributed by atoms with Crippen molar-refractivity contribution in [3.8, 4) is 0 Å². The monoisotopic (exact) mass is 262 g/mol. The van der Waals surface area contributed by atoms with Crippen LogP contribution >= 0.6 is 0 Å². The van der Waals surface area contributed by atoms with Crippen molar-refractivity contribution in [1.29, 1.82) is 0 Å². The van der Waals surface area contributed by atoms with E-state index in [2.05, 4.69) is 51.0 Å². The Bertz CT molecular complexity index is 408. The summed E-state index contributed by atoms with van der Waals surface area (Å²) in [5, 5.41) is 0. The molecular formula is C16H28NSi+. The quantitative estimate of drug-likeness (QED) is 0.561. The summed E-state index contributed by atoms with van der Waals surface area (Å²) >= 11 is 0. The summed E-state index contributed by atoms with van der Waals surface area (Å²) < 4.78 is 1.26. The lowest BCUT2D eigenvalue weighted by Gasteiger charge is -2.40. The van der Waals surface area contributed by atoms with Crippen LogP contribution in [0.25, 0.3) is 0 Å². The molecule has 0 N–H and O–H groups in total. The number of benzene rings is 1. The molecule has 0 aromatic heterocycles. The van der Waals surface area contributed by atoms with Gasteiger partial charge < -0.3 is 4.48 Å². The Kier molecular flexibility index (Phi) is 3.98. The third kappa shape index (κ3) is 3.69. The number of quaternary nitrogens is 1. The normalized spacial score (nSPS) is 25.1. The fraction of sp³-hybridized carbons (Fsp3) is 0.625. The molecule has 1 aromatic carbocycles. The fourth-order valence-corrected chi connectivity index (χ4v) is 6.10. The zero-order chi connectivity index (χ0) is 13.2. The Labute approximate surface area is 113 Å². The maximum atomic E-state index is 2.50. The lowest BCUT2D eigenvalue weighted by molar-refractivity contribution is -0.913. The second kappa shape index (κ2) is 5.18. The van der Waals surface area contributed by atoms with Crippen LogP contribution in [0.3, 0.4) is 0 Å². The largest absolute Gasteiger partial charge is 0.326 e. The van der Waals surface area contributed by atoms with Crippen molar-refractivity contribution >= 4 is 8.07 Å². The Morgan fingerprint density at radius 3 is 2.39 bits per heavy atom. The Balaban J connectivity index is 2.24. The third-order valence-corrected chi connectivity index (χ3v) is 5.63. The summed E-state index contributed by atoms with van der Waals surface area (Å²) in [6.07, 6.45) is 5.43. The molecular weight excluding hydrogens is 234 g/mol. The van der Waals surface area contributed by atoms with Gasteiger partial charge in [-0.3, -0.25) is 0 Å². The average Bonchev–Trinajstić information content (AvgIpc) is 2.21. The van der Waals surface area contributed by atoms with Crippen molar-refractivity contribution in [1.82, 2.24) is 0 Å². The Morgan fingerprint density at radius 1 is 1.06 bits per heavy atom. The van der Waals surface area contributed by atoms with E-state index < -0.39 is 8.07 Å². The predicted octanol–water partition coefficient (Wildman–Crippen LogP) is 3.85. The third-order valence-electron chi connectivity index (χ3n) is 3.92. The van der Waals surface area contributed by atoms with Gasteiger partial charge in [-0.2, -0.15) is 0 Å². The molecule has 0 spiro atoms. The van der Waals surface area contributed by atoms with E-state index in [1.807, 2.05) is 0 Å². The maximum absolute atomic E-state index is 2.50. The highest BCUT2D eigenvalue weighted by atomic mass is 28.3. The molecule has 1 nitrogen and oxygen atoms in total. The molecule has 2 rings (SSSR count). The molecule has 1 heterocycles. The first-order valence-corrected chi connectivity index (χ1v) is 11.0. The van der Waals surface area contributed by atoms with E-state index in [-0.39, 0.29) is 0 Å². The van der Waals surface area contributed by atoms with Gasteiger partial charge in [0.1, 0.15) is 14.6 Å². The summed E-state index contributed by atoms with van der Waals surface area (Å²) in [6.45, 7) is 10.1. The van der Waals surface area contributed by atoms with E-state index in [4.69, 9.17) is 0 Å². The Hall–Kier alpha value is -0.603. The van der Waals surface area contributed by atoms with E-state index >= 15 is 0 Å². The molecule has 1 aliphatic heterocycles. The number of hydrogen-bond donors (Lipinski definition) is 0. The number of aryl methyl sites for hydroxylation is 1. The second-order valence-corrected chi connectivity index (χ2v) is 12.9. The van der Waals surface area contributed by atoms with E-state index in [0.717, 1.165) is 0 Å². The minimum atomic E-state index is -1.00. The lowest BCUT2D eigenvalue weighted by atomic mass is 9.98. The standard InChI is InChI=1S/C16H28NSi/c1-17(14-18(2,3)4)12-8-7-10-15-9-5-6-11-16(15)13-17/h5-6,9,11H,7-8,10,12-14H2,1-4H3/q+1. The Morgan fingerprint density at radius 2 is 1.72 bits per heavy atom. The van der Waals surface area contributed by atoms with Gasteiger partial charge in [0, 0.05) is 5.56 Å². The van der Waals surface area contributed by atoms with E-state index in [9.17, 15) is 0 Å². The van der Waals surface area contributed by atoms with Gasteiger partial charge in [0.2, 0.25) is 0 Å². The summed E-state index contributed by atoms with van der Waals surface area (Å²) in [7, 11) is 1.47. The number of hydrogen-bond acceptors (Lipinski definition) is 0. The van der Waals surface area contributed by atoms with Crippen molar-refractivity contribution < 1.29 is 4.48 Å². The van der Waals surface area contributed by atoms with Crippen molar-refractivity contribution in [2.45, 2.75) is 45.4 Å². The van der Waals surface area contributed by atoms with Gasteiger partial charge in [0.25, 0.3) is 0 Å². The predicted molar refractivity (Wildman–Crippen MR) is 82.3 cm³/mol. The van der Waals surface area contributed by atoms with Gasteiger partial charge in [-0.15, -0.1) is 0 Å². The van der Waals surface area contributed by atoms with Gasteiger partial charge in [-0.25, -0.2) is 0 Å². The first-order chi connectivity index (χ1) is 8.38. The van der Waals surface area contributed by atoms with Crippen LogP contribution in [0.5, 0.6) is 0 Å². The first-order valence-electron chi connectivity index (χ1n) is 7.28. The minimum absolute atomic E-state index is 1.00. The van der Waals surface area contributed by atoms with E-state index in [1.165, 1.54) is 43.0 Å². The molecule has 0 bridgehead atoms. The van der Waals surface area contributed by atoms with Crippen LogP contribution in [0.1, 0.15) is 24.0 Å². The summed E-state index contributed by atoms with van der Waals surface area (Å²) in [6, 6.07) is 9.09.